The zero-order valence-electron chi connectivity index (χ0n) is 9.56. The normalized spacial score (nSPS) is 10.6. The SMILES string of the molecule is CN(Cc1cnn(C)c1)c1ncc(Br)cc1Br. The standard InChI is InChI=1S/C11H12Br2N4/c1-16(6-8-4-15-17(2)7-8)11-10(13)3-9(12)5-14-11/h3-5,7H,6H2,1-2H3. The molecule has 2 heterocycles. The maximum absolute atomic E-state index is 4.39. The van der Waals surface area contributed by atoms with Gasteiger partial charge in [-0.15, -0.1) is 0 Å². The van der Waals surface area contributed by atoms with Crippen molar-refractivity contribution in [1.82, 2.24) is 14.8 Å². The Labute approximate surface area is 117 Å². The minimum Gasteiger partial charge on any atom is -0.354 e. The van der Waals surface area contributed by atoms with Crippen LogP contribution in [0.1, 0.15) is 5.56 Å². The quantitative estimate of drug-likeness (QED) is 0.844. The van der Waals surface area contributed by atoms with Gasteiger partial charge in [0.15, 0.2) is 0 Å². The molecule has 90 valence electrons. The van der Waals surface area contributed by atoms with Gasteiger partial charge in [-0.3, -0.25) is 4.68 Å². The van der Waals surface area contributed by atoms with Gasteiger partial charge in [-0.25, -0.2) is 4.98 Å². The molecule has 0 radical (unpaired) electrons. The molecule has 0 saturated carbocycles. The molecule has 0 unspecified atom stereocenters. The average molecular weight is 360 g/mol. The van der Waals surface area contributed by atoms with Crippen LogP contribution >= 0.6 is 31.9 Å². The Morgan fingerprint density at radius 2 is 2.12 bits per heavy atom. The van der Waals surface area contributed by atoms with Crippen LogP contribution in [0.25, 0.3) is 0 Å². The highest BCUT2D eigenvalue weighted by Gasteiger charge is 2.09. The van der Waals surface area contributed by atoms with Crippen LogP contribution in [0, 0.1) is 0 Å². The predicted octanol–water partition coefficient (Wildman–Crippen LogP) is 2.98. The van der Waals surface area contributed by atoms with E-state index in [1.54, 1.807) is 10.9 Å². The first-order chi connectivity index (χ1) is 8.06. The summed E-state index contributed by atoms with van der Waals surface area (Å²) in [5.41, 5.74) is 1.16. The average Bonchev–Trinajstić information content (AvgIpc) is 2.63. The number of nitrogens with zero attached hydrogens (tertiary/aromatic N) is 4. The summed E-state index contributed by atoms with van der Waals surface area (Å²) >= 11 is 6.90. The Bertz CT molecular complexity index is 524. The van der Waals surface area contributed by atoms with Gasteiger partial charge in [0.2, 0.25) is 0 Å². The van der Waals surface area contributed by atoms with Gasteiger partial charge >= 0.3 is 0 Å². The topological polar surface area (TPSA) is 34.0 Å². The van der Waals surface area contributed by atoms with Gasteiger partial charge in [-0.1, -0.05) is 0 Å². The summed E-state index contributed by atoms with van der Waals surface area (Å²) in [6, 6.07) is 1.99. The van der Waals surface area contributed by atoms with E-state index in [0.29, 0.717) is 0 Å². The first-order valence-corrected chi connectivity index (χ1v) is 6.64. The van der Waals surface area contributed by atoms with Crippen LogP contribution in [0.2, 0.25) is 0 Å². The Morgan fingerprint density at radius 3 is 2.71 bits per heavy atom. The molecule has 0 spiro atoms. The van der Waals surface area contributed by atoms with E-state index in [4.69, 9.17) is 0 Å². The van der Waals surface area contributed by atoms with Crippen LogP contribution < -0.4 is 4.90 Å². The molecule has 0 saturated heterocycles. The lowest BCUT2D eigenvalue weighted by atomic mass is 10.3. The van der Waals surface area contributed by atoms with Crippen molar-refractivity contribution in [3.8, 4) is 0 Å². The van der Waals surface area contributed by atoms with Crippen LogP contribution in [-0.4, -0.2) is 21.8 Å². The number of halogens is 2. The smallest absolute Gasteiger partial charge is 0.142 e. The Morgan fingerprint density at radius 1 is 1.35 bits per heavy atom. The van der Waals surface area contributed by atoms with Gasteiger partial charge in [0, 0.05) is 43.1 Å². The van der Waals surface area contributed by atoms with Gasteiger partial charge in [0.1, 0.15) is 5.82 Å². The molecule has 2 aromatic heterocycles. The summed E-state index contributed by atoms with van der Waals surface area (Å²) < 4.78 is 3.73. The molecule has 2 rings (SSSR count). The molecule has 0 atom stereocenters. The largest absolute Gasteiger partial charge is 0.354 e. The maximum atomic E-state index is 4.39. The van der Waals surface area contributed by atoms with E-state index in [2.05, 4.69) is 46.8 Å². The van der Waals surface area contributed by atoms with Gasteiger partial charge in [-0.2, -0.15) is 5.10 Å². The zero-order valence-corrected chi connectivity index (χ0v) is 12.7. The molecular weight excluding hydrogens is 348 g/mol. The summed E-state index contributed by atoms with van der Waals surface area (Å²) in [5, 5.41) is 4.15. The summed E-state index contributed by atoms with van der Waals surface area (Å²) in [5.74, 6) is 0.914. The summed E-state index contributed by atoms with van der Waals surface area (Å²) in [7, 11) is 3.92. The number of aryl methyl sites for hydroxylation is 1. The molecule has 2 aromatic rings. The fraction of sp³-hybridized carbons (Fsp3) is 0.273. The minimum atomic E-state index is 0.779. The number of hydrogen-bond acceptors (Lipinski definition) is 3. The molecule has 4 nitrogen and oxygen atoms in total. The van der Waals surface area contributed by atoms with Crippen LogP contribution in [-0.2, 0) is 13.6 Å². The molecule has 0 aromatic carbocycles. The van der Waals surface area contributed by atoms with Crippen molar-refractivity contribution in [2.24, 2.45) is 7.05 Å². The third-order valence-electron chi connectivity index (χ3n) is 2.33. The first-order valence-electron chi connectivity index (χ1n) is 5.06. The molecule has 0 N–H and O–H groups in total. The zero-order chi connectivity index (χ0) is 12.4. The molecule has 0 fully saturated rings. The summed E-state index contributed by atoms with van der Waals surface area (Å²) in [4.78, 5) is 6.46. The Hall–Kier alpha value is -0.880. The monoisotopic (exact) mass is 358 g/mol. The van der Waals surface area contributed by atoms with Crippen molar-refractivity contribution in [1.29, 1.82) is 0 Å². The van der Waals surface area contributed by atoms with Crippen LogP contribution in [0.15, 0.2) is 33.6 Å². The van der Waals surface area contributed by atoms with Crippen molar-refractivity contribution in [2.45, 2.75) is 6.54 Å². The van der Waals surface area contributed by atoms with E-state index in [1.807, 2.05) is 32.6 Å². The van der Waals surface area contributed by atoms with E-state index < -0.39 is 0 Å². The maximum Gasteiger partial charge on any atom is 0.142 e. The number of rotatable bonds is 3. The second kappa shape index (κ2) is 5.18. The number of aromatic nitrogens is 3. The van der Waals surface area contributed by atoms with E-state index >= 15 is 0 Å². The molecule has 0 bridgehead atoms. The molecule has 17 heavy (non-hydrogen) atoms. The number of pyridine rings is 1. The Balaban J connectivity index is 2.17. The molecule has 0 amide bonds. The highest BCUT2D eigenvalue weighted by atomic mass is 79.9. The van der Waals surface area contributed by atoms with Gasteiger partial charge in [-0.05, 0) is 37.9 Å². The number of hydrogen-bond donors (Lipinski definition) is 0. The van der Waals surface area contributed by atoms with Crippen molar-refractivity contribution >= 4 is 37.7 Å². The predicted molar refractivity (Wildman–Crippen MR) is 75.0 cm³/mol. The second-order valence-corrected chi connectivity index (χ2v) is 5.61. The number of anilines is 1. The summed E-state index contributed by atoms with van der Waals surface area (Å²) in [6.45, 7) is 0.779. The molecule has 0 aliphatic heterocycles. The molecule has 6 heteroatoms. The highest BCUT2D eigenvalue weighted by molar-refractivity contribution is 9.11. The fourth-order valence-corrected chi connectivity index (χ4v) is 2.88. The summed E-state index contributed by atoms with van der Waals surface area (Å²) in [6.07, 6.45) is 5.66. The van der Waals surface area contributed by atoms with E-state index in [1.165, 1.54) is 0 Å². The van der Waals surface area contributed by atoms with Crippen molar-refractivity contribution in [3.63, 3.8) is 0 Å². The molecule has 0 aliphatic carbocycles. The van der Waals surface area contributed by atoms with Gasteiger partial charge in [0.25, 0.3) is 0 Å². The fourth-order valence-electron chi connectivity index (χ4n) is 1.59. The van der Waals surface area contributed by atoms with E-state index in [0.717, 1.165) is 26.9 Å². The van der Waals surface area contributed by atoms with Crippen molar-refractivity contribution in [3.05, 3.63) is 39.2 Å². The molecule has 0 aliphatic rings. The van der Waals surface area contributed by atoms with Crippen molar-refractivity contribution < 1.29 is 0 Å². The van der Waals surface area contributed by atoms with Crippen LogP contribution in [0.3, 0.4) is 0 Å². The van der Waals surface area contributed by atoms with Crippen LogP contribution in [0.5, 0.6) is 0 Å². The Kier molecular flexibility index (Phi) is 3.83. The van der Waals surface area contributed by atoms with E-state index in [-0.39, 0.29) is 0 Å². The highest BCUT2D eigenvalue weighted by Crippen LogP contribution is 2.26. The van der Waals surface area contributed by atoms with Crippen LogP contribution in [0.4, 0.5) is 5.82 Å². The lowest BCUT2D eigenvalue weighted by molar-refractivity contribution is 0.766. The minimum absolute atomic E-state index is 0.779. The van der Waals surface area contributed by atoms with Gasteiger partial charge in [0.05, 0.1) is 10.7 Å². The third kappa shape index (κ3) is 3.07. The second-order valence-electron chi connectivity index (χ2n) is 3.84. The van der Waals surface area contributed by atoms with Gasteiger partial charge < -0.3 is 4.90 Å². The first kappa shape index (κ1) is 12.6. The molecular formula is C11H12Br2N4. The lowest BCUT2D eigenvalue weighted by Crippen LogP contribution is -2.17. The lowest BCUT2D eigenvalue weighted by Gasteiger charge is -2.18. The van der Waals surface area contributed by atoms with Crippen molar-refractivity contribution in [2.75, 3.05) is 11.9 Å². The third-order valence-corrected chi connectivity index (χ3v) is 3.35. The van der Waals surface area contributed by atoms with E-state index in [9.17, 15) is 0 Å².